The number of aromatic nitrogens is 2. The van der Waals surface area contributed by atoms with Crippen molar-refractivity contribution in [1.29, 1.82) is 5.26 Å². The zero-order valence-electron chi connectivity index (χ0n) is 8.00. The third-order valence-electron chi connectivity index (χ3n) is 1.68. The van der Waals surface area contributed by atoms with Crippen molar-refractivity contribution in [3.8, 4) is 6.07 Å². The lowest BCUT2D eigenvalue weighted by molar-refractivity contribution is 0.774. The molecule has 13 heavy (non-hydrogen) atoms. The maximum Gasteiger partial charge on any atom is 0.147 e. The van der Waals surface area contributed by atoms with Gasteiger partial charge in [0.15, 0.2) is 0 Å². The summed E-state index contributed by atoms with van der Waals surface area (Å²) in [5.41, 5.74) is 0.479. The summed E-state index contributed by atoms with van der Waals surface area (Å²) in [6.45, 7) is 4.03. The van der Waals surface area contributed by atoms with Crippen LogP contribution in [-0.4, -0.2) is 17.0 Å². The normalized spacial score (nSPS) is 9.77. The quantitative estimate of drug-likeness (QED) is 0.742. The molecule has 1 rings (SSSR count). The molecule has 0 amide bonds. The molecular weight excluding hydrogens is 164 g/mol. The number of anilines is 1. The van der Waals surface area contributed by atoms with E-state index in [1.54, 1.807) is 13.2 Å². The summed E-state index contributed by atoms with van der Waals surface area (Å²) >= 11 is 0. The summed E-state index contributed by atoms with van der Waals surface area (Å²) < 4.78 is 0. The van der Waals surface area contributed by atoms with E-state index in [1.165, 1.54) is 0 Å². The van der Waals surface area contributed by atoms with E-state index < -0.39 is 0 Å². The summed E-state index contributed by atoms with van der Waals surface area (Å²) in [4.78, 5) is 8.30. The van der Waals surface area contributed by atoms with Crippen LogP contribution in [0.4, 0.5) is 5.82 Å². The molecule has 0 atom stereocenters. The summed E-state index contributed by atoms with van der Waals surface area (Å²) in [7, 11) is 1.74. The topological polar surface area (TPSA) is 61.6 Å². The summed E-state index contributed by atoms with van der Waals surface area (Å²) in [5.74, 6) is 1.63. The van der Waals surface area contributed by atoms with Crippen molar-refractivity contribution in [1.82, 2.24) is 9.97 Å². The van der Waals surface area contributed by atoms with Gasteiger partial charge in [0.2, 0.25) is 0 Å². The second kappa shape index (κ2) is 3.85. The Hall–Kier alpha value is -1.63. The van der Waals surface area contributed by atoms with Crippen molar-refractivity contribution in [2.75, 3.05) is 12.4 Å². The van der Waals surface area contributed by atoms with Crippen LogP contribution in [0.25, 0.3) is 0 Å². The summed E-state index contributed by atoms with van der Waals surface area (Å²) in [6.07, 6.45) is 1.55. The molecule has 0 unspecified atom stereocenters. The van der Waals surface area contributed by atoms with Crippen molar-refractivity contribution in [2.45, 2.75) is 19.8 Å². The van der Waals surface area contributed by atoms with Gasteiger partial charge in [-0.2, -0.15) is 5.26 Å². The molecule has 0 aliphatic rings. The molecule has 4 nitrogen and oxygen atoms in total. The molecule has 0 saturated carbocycles. The van der Waals surface area contributed by atoms with E-state index in [0.717, 1.165) is 5.82 Å². The minimum atomic E-state index is 0.278. The second-order valence-electron chi connectivity index (χ2n) is 3.01. The van der Waals surface area contributed by atoms with Gasteiger partial charge in [-0.15, -0.1) is 0 Å². The van der Waals surface area contributed by atoms with Crippen LogP contribution in [0.3, 0.4) is 0 Å². The smallest absolute Gasteiger partial charge is 0.147 e. The minimum Gasteiger partial charge on any atom is -0.372 e. The fourth-order valence-corrected chi connectivity index (χ4v) is 0.946. The van der Waals surface area contributed by atoms with Crippen molar-refractivity contribution in [2.24, 2.45) is 0 Å². The number of hydrogen-bond donors (Lipinski definition) is 1. The molecule has 1 N–H and O–H groups in total. The lowest BCUT2D eigenvalue weighted by atomic mass is 10.2. The van der Waals surface area contributed by atoms with Gasteiger partial charge in [0.1, 0.15) is 23.3 Å². The van der Waals surface area contributed by atoms with Crippen LogP contribution in [0.2, 0.25) is 0 Å². The Morgan fingerprint density at radius 2 is 2.23 bits per heavy atom. The van der Waals surface area contributed by atoms with Gasteiger partial charge < -0.3 is 5.32 Å². The van der Waals surface area contributed by atoms with E-state index in [4.69, 9.17) is 5.26 Å². The SMILES string of the molecule is CNc1nc(C(C)C)ncc1C#N. The highest BCUT2D eigenvalue weighted by Gasteiger charge is 2.07. The fourth-order valence-electron chi connectivity index (χ4n) is 0.946. The average molecular weight is 176 g/mol. The van der Waals surface area contributed by atoms with Crippen molar-refractivity contribution < 1.29 is 0 Å². The van der Waals surface area contributed by atoms with E-state index >= 15 is 0 Å². The van der Waals surface area contributed by atoms with Crippen molar-refractivity contribution >= 4 is 5.82 Å². The molecular formula is C9H12N4. The van der Waals surface area contributed by atoms with Crippen LogP contribution in [-0.2, 0) is 0 Å². The van der Waals surface area contributed by atoms with E-state index in [0.29, 0.717) is 11.4 Å². The van der Waals surface area contributed by atoms with Gasteiger partial charge in [-0.3, -0.25) is 0 Å². The van der Waals surface area contributed by atoms with Crippen LogP contribution < -0.4 is 5.32 Å². The Balaban J connectivity index is 3.15. The molecule has 1 aromatic rings. The molecule has 0 saturated heterocycles. The van der Waals surface area contributed by atoms with Crippen molar-refractivity contribution in [3.63, 3.8) is 0 Å². The van der Waals surface area contributed by atoms with Gasteiger partial charge in [-0.25, -0.2) is 9.97 Å². The predicted octanol–water partition coefficient (Wildman–Crippen LogP) is 1.51. The van der Waals surface area contributed by atoms with Gasteiger partial charge in [0, 0.05) is 13.0 Å². The molecule has 4 heteroatoms. The van der Waals surface area contributed by atoms with Crippen LogP contribution in [0, 0.1) is 11.3 Å². The maximum atomic E-state index is 8.71. The zero-order chi connectivity index (χ0) is 9.84. The van der Waals surface area contributed by atoms with E-state index in [1.807, 2.05) is 19.9 Å². The summed E-state index contributed by atoms with van der Waals surface area (Å²) in [6, 6.07) is 2.03. The molecule has 0 spiro atoms. The predicted molar refractivity (Wildman–Crippen MR) is 50.4 cm³/mol. The third-order valence-corrected chi connectivity index (χ3v) is 1.68. The van der Waals surface area contributed by atoms with E-state index in [-0.39, 0.29) is 5.92 Å². The van der Waals surface area contributed by atoms with Crippen LogP contribution >= 0.6 is 0 Å². The van der Waals surface area contributed by atoms with Gasteiger partial charge in [-0.1, -0.05) is 13.8 Å². The molecule has 0 fully saturated rings. The zero-order valence-corrected chi connectivity index (χ0v) is 8.00. The molecule has 1 aromatic heterocycles. The fraction of sp³-hybridized carbons (Fsp3) is 0.444. The van der Waals surface area contributed by atoms with Gasteiger partial charge in [-0.05, 0) is 0 Å². The average Bonchev–Trinajstić information content (AvgIpc) is 2.16. The Labute approximate surface area is 77.6 Å². The van der Waals surface area contributed by atoms with Crippen LogP contribution in [0.5, 0.6) is 0 Å². The monoisotopic (exact) mass is 176 g/mol. The van der Waals surface area contributed by atoms with Crippen LogP contribution in [0.1, 0.15) is 31.2 Å². The van der Waals surface area contributed by atoms with Crippen molar-refractivity contribution in [3.05, 3.63) is 17.6 Å². The number of nitrogens with one attached hydrogen (secondary N) is 1. The Kier molecular flexibility index (Phi) is 2.80. The lowest BCUT2D eigenvalue weighted by Crippen LogP contribution is -2.03. The summed E-state index contributed by atoms with van der Waals surface area (Å²) in [5, 5.41) is 11.6. The van der Waals surface area contributed by atoms with E-state index in [9.17, 15) is 0 Å². The third kappa shape index (κ3) is 1.94. The highest BCUT2D eigenvalue weighted by molar-refractivity contribution is 5.50. The highest BCUT2D eigenvalue weighted by atomic mass is 15.0. The number of hydrogen-bond acceptors (Lipinski definition) is 4. The largest absolute Gasteiger partial charge is 0.372 e. The number of nitriles is 1. The van der Waals surface area contributed by atoms with Gasteiger partial charge in [0.25, 0.3) is 0 Å². The van der Waals surface area contributed by atoms with E-state index in [2.05, 4.69) is 15.3 Å². The second-order valence-corrected chi connectivity index (χ2v) is 3.01. The molecule has 0 aromatic carbocycles. The molecule has 1 heterocycles. The first kappa shape index (κ1) is 9.46. The number of nitrogens with zero attached hydrogens (tertiary/aromatic N) is 3. The Morgan fingerprint density at radius 3 is 2.69 bits per heavy atom. The minimum absolute atomic E-state index is 0.278. The highest BCUT2D eigenvalue weighted by Crippen LogP contribution is 2.14. The maximum absolute atomic E-state index is 8.71. The molecule has 0 radical (unpaired) electrons. The Bertz CT molecular complexity index is 338. The van der Waals surface area contributed by atoms with Gasteiger partial charge in [0.05, 0.1) is 6.20 Å². The van der Waals surface area contributed by atoms with Gasteiger partial charge >= 0.3 is 0 Å². The lowest BCUT2D eigenvalue weighted by Gasteiger charge is -2.06. The molecule has 0 aliphatic carbocycles. The first-order chi connectivity index (χ1) is 6.19. The molecule has 0 bridgehead atoms. The first-order valence-electron chi connectivity index (χ1n) is 4.13. The van der Waals surface area contributed by atoms with Crippen LogP contribution in [0.15, 0.2) is 6.20 Å². The standard InChI is InChI=1S/C9H12N4/c1-6(2)8-12-5-7(4-10)9(11-3)13-8/h5-6H,1-3H3,(H,11,12,13). The molecule has 68 valence electrons. The first-order valence-corrected chi connectivity index (χ1v) is 4.13. The number of rotatable bonds is 2. The molecule has 0 aliphatic heterocycles. The Morgan fingerprint density at radius 1 is 1.54 bits per heavy atom.